The number of rotatable bonds is 3. The molecule has 0 fully saturated rings. The molecular weight excluding hydrogens is 250 g/mol. The Morgan fingerprint density at radius 3 is 2.50 bits per heavy atom. The topological polar surface area (TPSA) is 149 Å². The van der Waals surface area contributed by atoms with Crippen molar-refractivity contribution >= 4 is 11.4 Å². The predicted octanol–water partition coefficient (Wildman–Crippen LogP) is -0.544. The first-order chi connectivity index (χ1) is 8.49. The van der Waals surface area contributed by atoms with Crippen molar-refractivity contribution in [2.24, 2.45) is 0 Å². The molecule has 2 aromatic rings. The van der Waals surface area contributed by atoms with E-state index >= 15 is 0 Å². The molecule has 11 heteroatoms. The van der Waals surface area contributed by atoms with Gasteiger partial charge >= 0.3 is 17.1 Å². The second-order valence-electron chi connectivity index (χ2n) is 3.07. The zero-order valence-corrected chi connectivity index (χ0v) is 8.47. The minimum atomic E-state index is -0.914. The molecule has 0 spiro atoms. The molecule has 92 valence electrons. The Kier molecular flexibility index (Phi) is 2.56. The molecule has 0 aliphatic rings. The minimum Gasteiger partial charge on any atom is -0.258 e. The highest BCUT2D eigenvalue weighted by Gasteiger charge is 2.29. The molecule has 1 aromatic heterocycles. The summed E-state index contributed by atoms with van der Waals surface area (Å²) in [6.45, 7) is 0. The fourth-order valence-corrected chi connectivity index (χ4v) is 1.26. The van der Waals surface area contributed by atoms with Crippen molar-refractivity contribution in [2.75, 3.05) is 0 Å². The Bertz CT molecular complexity index is 688. The number of hydrogen-bond acceptors (Lipinski definition) is 7. The Balaban J connectivity index is 2.64. The second-order valence-corrected chi connectivity index (χ2v) is 3.07. The van der Waals surface area contributed by atoms with E-state index in [9.17, 15) is 25.0 Å². The SMILES string of the molecule is O=c1[nH][n+](-c2ccc([N+](=O)[O-])cc2[N+](=O)[O-])no1. The summed E-state index contributed by atoms with van der Waals surface area (Å²) in [6.07, 6.45) is 0. The van der Waals surface area contributed by atoms with Gasteiger partial charge in [-0.2, -0.15) is 0 Å². The number of benzene rings is 1. The van der Waals surface area contributed by atoms with E-state index in [-0.39, 0.29) is 5.69 Å². The molecule has 0 unspecified atom stereocenters. The van der Waals surface area contributed by atoms with Crippen molar-refractivity contribution in [3.63, 3.8) is 0 Å². The van der Waals surface area contributed by atoms with Crippen LogP contribution in [0.1, 0.15) is 0 Å². The summed E-state index contributed by atoms with van der Waals surface area (Å²) in [5.74, 6) is -0.914. The van der Waals surface area contributed by atoms with Gasteiger partial charge in [-0.25, -0.2) is 9.32 Å². The van der Waals surface area contributed by atoms with Crippen LogP contribution in [0.5, 0.6) is 0 Å². The monoisotopic (exact) mass is 254 g/mol. The molecule has 11 nitrogen and oxygen atoms in total. The van der Waals surface area contributed by atoms with Gasteiger partial charge in [0.15, 0.2) is 0 Å². The van der Waals surface area contributed by atoms with Crippen LogP contribution in [0.4, 0.5) is 11.4 Å². The average Bonchev–Trinajstić information content (AvgIpc) is 2.74. The normalized spacial score (nSPS) is 10.2. The summed E-state index contributed by atoms with van der Waals surface area (Å²) in [6, 6.07) is 2.88. The van der Waals surface area contributed by atoms with E-state index in [2.05, 4.69) is 9.79 Å². The molecule has 2 rings (SSSR count). The maximum absolute atomic E-state index is 10.8. The highest BCUT2D eigenvalue weighted by Crippen LogP contribution is 2.23. The Morgan fingerprint density at radius 2 is 2.00 bits per heavy atom. The van der Waals surface area contributed by atoms with E-state index in [1.807, 2.05) is 5.10 Å². The molecule has 0 aliphatic carbocycles. The minimum absolute atomic E-state index is 0.156. The molecule has 0 amide bonds. The summed E-state index contributed by atoms with van der Waals surface area (Å²) in [5, 5.41) is 26.6. The van der Waals surface area contributed by atoms with Crippen LogP contribution in [0, 0.1) is 20.2 Å². The van der Waals surface area contributed by atoms with Gasteiger partial charge in [0, 0.05) is 12.1 Å². The lowest BCUT2D eigenvalue weighted by Crippen LogP contribution is -2.38. The van der Waals surface area contributed by atoms with Gasteiger partial charge in [-0.3, -0.25) is 20.2 Å². The Labute approximate surface area is 96.5 Å². The average molecular weight is 254 g/mol. The van der Waals surface area contributed by atoms with Crippen LogP contribution in [-0.2, 0) is 0 Å². The predicted molar refractivity (Wildman–Crippen MR) is 52.0 cm³/mol. The van der Waals surface area contributed by atoms with Gasteiger partial charge in [0.2, 0.25) is 5.27 Å². The zero-order chi connectivity index (χ0) is 13.3. The third-order valence-electron chi connectivity index (χ3n) is 2.00. The number of H-pyrrole nitrogens is 1. The molecule has 0 radical (unpaired) electrons. The van der Waals surface area contributed by atoms with E-state index in [0.717, 1.165) is 18.2 Å². The van der Waals surface area contributed by atoms with Crippen molar-refractivity contribution in [2.45, 2.75) is 0 Å². The zero-order valence-electron chi connectivity index (χ0n) is 8.47. The fraction of sp³-hybridized carbons (Fsp3) is 0. The van der Waals surface area contributed by atoms with Crippen LogP contribution >= 0.6 is 0 Å². The van der Waals surface area contributed by atoms with Crippen LogP contribution in [-0.4, -0.2) is 20.2 Å². The molecule has 1 heterocycles. The van der Waals surface area contributed by atoms with Crippen molar-refractivity contribution in [1.29, 1.82) is 0 Å². The molecule has 0 saturated heterocycles. The standard InChI is InChI=1S/C7H3N5O6/c13-7-8-10(9-18-7)5-2-1-4(11(14)15)3-6(5)12(16)17/h1-3H/p+1. The molecule has 0 aliphatic heterocycles. The third-order valence-corrected chi connectivity index (χ3v) is 2.00. The second kappa shape index (κ2) is 4.04. The highest BCUT2D eigenvalue weighted by molar-refractivity contribution is 5.53. The van der Waals surface area contributed by atoms with Gasteiger partial charge in [0.05, 0.1) is 14.6 Å². The highest BCUT2D eigenvalue weighted by atomic mass is 16.6. The van der Waals surface area contributed by atoms with Crippen molar-refractivity contribution < 1.29 is 19.2 Å². The molecule has 0 atom stereocenters. The van der Waals surface area contributed by atoms with Gasteiger partial charge in [-0.1, -0.05) is 5.10 Å². The summed E-state index contributed by atoms with van der Waals surface area (Å²) < 4.78 is 4.18. The first kappa shape index (κ1) is 11.4. The van der Waals surface area contributed by atoms with Crippen LogP contribution in [0.15, 0.2) is 27.5 Å². The third kappa shape index (κ3) is 1.91. The number of nitrogens with one attached hydrogen (secondary N) is 1. The molecular formula is C7H4N5O6+. The molecule has 1 N–H and O–H groups in total. The molecule has 1 aromatic carbocycles. The maximum Gasteiger partial charge on any atom is 0.493 e. The van der Waals surface area contributed by atoms with Gasteiger partial charge in [0.1, 0.15) is 6.07 Å². The lowest BCUT2D eigenvalue weighted by atomic mass is 10.2. The van der Waals surface area contributed by atoms with E-state index in [1.165, 1.54) is 0 Å². The van der Waals surface area contributed by atoms with Gasteiger partial charge in [0.25, 0.3) is 5.69 Å². The number of nitro groups is 2. The number of hydrogen-bond donors (Lipinski definition) is 1. The van der Waals surface area contributed by atoms with Gasteiger partial charge in [-0.15, -0.1) is 0 Å². The van der Waals surface area contributed by atoms with Crippen LogP contribution < -0.4 is 10.6 Å². The van der Waals surface area contributed by atoms with E-state index in [0.29, 0.717) is 4.80 Å². The molecule has 0 saturated carbocycles. The summed E-state index contributed by atoms with van der Waals surface area (Å²) in [7, 11) is 0. The first-order valence-electron chi connectivity index (χ1n) is 4.40. The summed E-state index contributed by atoms with van der Waals surface area (Å²) >= 11 is 0. The van der Waals surface area contributed by atoms with Crippen LogP contribution in [0.2, 0.25) is 0 Å². The van der Waals surface area contributed by atoms with E-state index < -0.39 is 27.0 Å². The number of nitrogens with zero attached hydrogens (tertiary/aromatic N) is 4. The molecule has 0 bridgehead atoms. The lowest BCUT2D eigenvalue weighted by molar-refractivity contribution is -0.727. The maximum atomic E-state index is 10.8. The first-order valence-corrected chi connectivity index (χ1v) is 4.40. The number of aromatic nitrogens is 3. The van der Waals surface area contributed by atoms with E-state index in [1.54, 1.807) is 0 Å². The van der Waals surface area contributed by atoms with E-state index in [4.69, 9.17) is 0 Å². The smallest absolute Gasteiger partial charge is 0.258 e. The van der Waals surface area contributed by atoms with Crippen LogP contribution in [0.25, 0.3) is 5.69 Å². The van der Waals surface area contributed by atoms with Crippen molar-refractivity contribution in [3.05, 3.63) is 49.0 Å². The fourth-order valence-electron chi connectivity index (χ4n) is 1.26. The van der Waals surface area contributed by atoms with Gasteiger partial charge < -0.3 is 0 Å². The number of non-ortho nitro benzene ring substituents is 1. The number of nitro benzene ring substituents is 2. The lowest BCUT2D eigenvalue weighted by Gasteiger charge is -1.93. The van der Waals surface area contributed by atoms with Gasteiger partial charge in [-0.05, 0) is 0 Å². The molecule has 18 heavy (non-hydrogen) atoms. The largest absolute Gasteiger partial charge is 0.493 e. The number of aromatic amines is 1. The Morgan fingerprint density at radius 1 is 1.28 bits per heavy atom. The van der Waals surface area contributed by atoms with Crippen LogP contribution in [0.3, 0.4) is 0 Å². The summed E-state index contributed by atoms with van der Waals surface area (Å²) in [4.78, 5) is 31.2. The summed E-state index contributed by atoms with van der Waals surface area (Å²) in [5.41, 5.74) is -1.19. The van der Waals surface area contributed by atoms with Crippen molar-refractivity contribution in [3.8, 4) is 5.69 Å². The quantitative estimate of drug-likeness (QED) is 0.438. The van der Waals surface area contributed by atoms with Crippen molar-refractivity contribution in [1.82, 2.24) is 10.4 Å². The Hall–Kier alpha value is -3.11.